The second kappa shape index (κ2) is 6.29. The van der Waals surface area contributed by atoms with Gasteiger partial charge < -0.3 is 10.5 Å². The fourth-order valence-corrected chi connectivity index (χ4v) is 1.80. The molecule has 1 aromatic heterocycles. The van der Waals surface area contributed by atoms with Gasteiger partial charge >= 0.3 is 0 Å². The Labute approximate surface area is 112 Å². The van der Waals surface area contributed by atoms with Gasteiger partial charge in [-0.15, -0.1) is 0 Å². The van der Waals surface area contributed by atoms with Gasteiger partial charge in [0.15, 0.2) is 0 Å². The molecule has 0 aliphatic rings. The first kappa shape index (κ1) is 13.5. The summed E-state index contributed by atoms with van der Waals surface area (Å²) in [5.41, 5.74) is 7.64. The summed E-state index contributed by atoms with van der Waals surface area (Å²) in [6.45, 7) is 2.68. The molecule has 0 amide bonds. The Bertz CT molecular complexity index is 545. The molecule has 0 fully saturated rings. The lowest BCUT2D eigenvalue weighted by atomic mass is 10.0. The molecule has 2 N–H and O–H groups in total. The Morgan fingerprint density at radius 1 is 1.26 bits per heavy atom. The number of pyridine rings is 1. The fourth-order valence-electron chi connectivity index (χ4n) is 1.80. The molecule has 2 rings (SSSR count). The van der Waals surface area contributed by atoms with Gasteiger partial charge in [0.25, 0.3) is 0 Å². The third-order valence-electron chi connectivity index (χ3n) is 2.77. The number of nitrogens with two attached hydrogens (primary N) is 1. The normalized spacial score (nSPS) is 12.2. The van der Waals surface area contributed by atoms with Crippen molar-refractivity contribution in [3.05, 3.63) is 59.7 Å². The number of benzene rings is 1. The topological polar surface area (TPSA) is 48.1 Å². The third kappa shape index (κ3) is 3.51. The number of aromatic nitrogens is 1. The lowest BCUT2D eigenvalue weighted by Gasteiger charge is -2.13. The zero-order chi connectivity index (χ0) is 13.7. The van der Waals surface area contributed by atoms with Crippen molar-refractivity contribution >= 4 is 0 Å². The van der Waals surface area contributed by atoms with Crippen LogP contribution < -0.4 is 10.5 Å². The molecule has 1 heterocycles. The fraction of sp³-hybridized carbons (Fsp3) is 0.267. The van der Waals surface area contributed by atoms with E-state index >= 15 is 0 Å². The monoisotopic (exact) mass is 260 g/mol. The first-order chi connectivity index (χ1) is 9.20. The first-order valence-electron chi connectivity index (χ1n) is 6.29. The second-order valence-electron chi connectivity index (χ2n) is 4.34. The molecule has 100 valence electrons. The van der Waals surface area contributed by atoms with Crippen LogP contribution in [0.25, 0.3) is 0 Å². The van der Waals surface area contributed by atoms with Gasteiger partial charge in [-0.3, -0.25) is 4.98 Å². The number of ether oxygens (including phenoxy) is 1. The van der Waals surface area contributed by atoms with Gasteiger partial charge in [-0.05, 0) is 35.7 Å². The Kier molecular flexibility index (Phi) is 4.47. The molecule has 0 bridgehead atoms. The predicted molar refractivity (Wildman–Crippen MR) is 72.5 cm³/mol. The molecular weight excluding hydrogens is 243 g/mol. The average Bonchev–Trinajstić information content (AvgIpc) is 2.44. The van der Waals surface area contributed by atoms with Gasteiger partial charge in [-0.1, -0.05) is 19.1 Å². The highest BCUT2D eigenvalue weighted by atomic mass is 19.1. The highest BCUT2D eigenvalue weighted by Gasteiger charge is 2.11. The zero-order valence-electron chi connectivity index (χ0n) is 10.8. The van der Waals surface area contributed by atoms with Gasteiger partial charge in [-0.2, -0.15) is 0 Å². The van der Waals surface area contributed by atoms with E-state index < -0.39 is 6.04 Å². The Morgan fingerprint density at radius 3 is 2.84 bits per heavy atom. The number of hydrogen-bond acceptors (Lipinski definition) is 3. The number of nitrogens with zero attached hydrogens (tertiary/aromatic N) is 1. The van der Waals surface area contributed by atoms with Crippen LogP contribution in [0.5, 0.6) is 5.75 Å². The molecule has 0 saturated carbocycles. The summed E-state index contributed by atoms with van der Waals surface area (Å²) >= 11 is 0. The molecule has 0 spiro atoms. The van der Waals surface area contributed by atoms with Crippen molar-refractivity contribution in [3.8, 4) is 5.75 Å². The van der Waals surface area contributed by atoms with Gasteiger partial charge in [0.05, 0.1) is 18.8 Å². The van der Waals surface area contributed by atoms with E-state index in [1.807, 2.05) is 13.0 Å². The Balaban J connectivity index is 2.21. The molecule has 19 heavy (non-hydrogen) atoms. The molecule has 1 aromatic carbocycles. The van der Waals surface area contributed by atoms with E-state index in [2.05, 4.69) is 4.98 Å². The van der Waals surface area contributed by atoms with Crippen molar-refractivity contribution < 1.29 is 9.13 Å². The summed E-state index contributed by atoms with van der Waals surface area (Å²) in [6, 6.07) is 7.72. The summed E-state index contributed by atoms with van der Waals surface area (Å²) in [5, 5.41) is 0. The second-order valence-corrected chi connectivity index (χ2v) is 4.34. The number of halogens is 1. The van der Waals surface area contributed by atoms with Gasteiger partial charge in [-0.25, -0.2) is 4.39 Å². The third-order valence-corrected chi connectivity index (χ3v) is 2.77. The summed E-state index contributed by atoms with van der Waals surface area (Å²) in [5.74, 6) is 0.394. The molecule has 0 radical (unpaired) electrons. The lowest BCUT2D eigenvalue weighted by Crippen LogP contribution is -2.12. The number of rotatable bonds is 5. The summed E-state index contributed by atoms with van der Waals surface area (Å²) in [4.78, 5) is 4.11. The SMILES string of the molecule is CCCOc1cncc(C(N)c2cccc(F)c2)c1. The first-order valence-corrected chi connectivity index (χ1v) is 6.29. The van der Waals surface area contributed by atoms with E-state index in [4.69, 9.17) is 10.5 Å². The summed E-state index contributed by atoms with van der Waals surface area (Å²) < 4.78 is 18.7. The van der Waals surface area contributed by atoms with E-state index in [0.717, 1.165) is 17.5 Å². The van der Waals surface area contributed by atoms with Crippen LogP contribution in [-0.4, -0.2) is 11.6 Å². The van der Waals surface area contributed by atoms with Gasteiger partial charge in [0.1, 0.15) is 11.6 Å². The molecule has 4 heteroatoms. The minimum Gasteiger partial charge on any atom is -0.492 e. The summed E-state index contributed by atoms with van der Waals surface area (Å²) in [6.07, 6.45) is 4.26. The largest absolute Gasteiger partial charge is 0.492 e. The van der Waals surface area contributed by atoms with Crippen molar-refractivity contribution in [3.63, 3.8) is 0 Å². The quantitative estimate of drug-likeness (QED) is 0.898. The van der Waals surface area contributed by atoms with E-state index in [1.165, 1.54) is 12.1 Å². The maximum absolute atomic E-state index is 13.2. The molecule has 2 aromatic rings. The molecule has 1 atom stereocenters. The van der Waals surface area contributed by atoms with Crippen molar-refractivity contribution in [2.45, 2.75) is 19.4 Å². The molecular formula is C15H17FN2O. The molecule has 1 unspecified atom stereocenters. The minimum atomic E-state index is -0.409. The Hall–Kier alpha value is -1.94. The van der Waals surface area contributed by atoms with Gasteiger partial charge in [0.2, 0.25) is 0 Å². The smallest absolute Gasteiger partial charge is 0.137 e. The van der Waals surface area contributed by atoms with Gasteiger partial charge in [0, 0.05) is 6.20 Å². The van der Waals surface area contributed by atoms with Crippen molar-refractivity contribution in [1.82, 2.24) is 4.98 Å². The van der Waals surface area contributed by atoms with E-state index in [9.17, 15) is 4.39 Å². The molecule has 0 aliphatic carbocycles. The standard InChI is InChI=1S/C15H17FN2O/c1-2-6-19-14-8-12(9-18-10-14)15(17)11-4-3-5-13(16)7-11/h3-5,7-10,15H,2,6,17H2,1H3. The summed E-state index contributed by atoms with van der Waals surface area (Å²) in [7, 11) is 0. The van der Waals surface area contributed by atoms with Crippen molar-refractivity contribution in [1.29, 1.82) is 0 Å². The lowest BCUT2D eigenvalue weighted by molar-refractivity contribution is 0.315. The van der Waals surface area contributed by atoms with Crippen LogP contribution in [0.1, 0.15) is 30.5 Å². The zero-order valence-corrected chi connectivity index (χ0v) is 10.8. The highest BCUT2D eigenvalue weighted by molar-refractivity contribution is 5.33. The predicted octanol–water partition coefficient (Wildman–Crippen LogP) is 3.06. The van der Waals surface area contributed by atoms with E-state index in [1.54, 1.807) is 24.5 Å². The van der Waals surface area contributed by atoms with Crippen LogP contribution in [0.2, 0.25) is 0 Å². The average molecular weight is 260 g/mol. The van der Waals surface area contributed by atoms with Crippen LogP contribution >= 0.6 is 0 Å². The minimum absolute atomic E-state index is 0.292. The Morgan fingerprint density at radius 2 is 2.11 bits per heavy atom. The van der Waals surface area contributed by atoms with Crippen molar-refractivity contribution in [2.75, 3.05) is 6.61 Å². The van der Waals surface area contributed by atoms with Crippen LogP contribution in [0.3, 0.4) is 0 Å². The maximum atomic E-state index is 13.2. The maximum Gasteiger partial charge on any atom is 0.137 e. The van der Waals surface area contributed by atoms with E-state index in [-0.39, 0.29) is 5.82 Å². The molecule has 0 saturated heterocycles. The van der Waals surface area contributed by atoms with Crippen LogP contribution in [0.4, 0.5) is 4.39 Å². The van der Waals surface area contributed by atoms with E-state index in [0.29, 0.717) is 12.4 Å². The van der Waals surface area contributed by atoms with Crippen molar-refractivity contribution in [2.24, 2.45) is 5.73 Å². The van der Waals surface area contributed by atoms with Crippen LogP contribution in [0, 0.1) is 5.82 Å². The number of hydrogen-bond donors (Lipinski definition) is 1. The molecule has 3 nitrogen and oxygen atoms in total. The molecule has 0 aliphatic heterocycles. The van der Waals surface area contributed by atoms with Crippen LogP contribution in [0.15, 0.2) is 42.7 Å². The highest BCUT2D eigenvalue weighted by Crippen LogP contribution is 2.22. The van der Waals surface area contributed by atoms with Crippen LogP contribution in [-0.2, 0) is 0 Å².